The average molecular weight is 431 g/mol. The van der Waals surface area contributed by atoms with Crippen LogP contribution < -0.4 is 0 Å². The lowest BCUT2D eigenvalue weighted by Gasteiger charge is -2.12. The van der Waals surface area contributed by atoms with Gasteiger partial charge < -0.3 is 0 Å². The minimum Gasteiger partial charge on any atom is -0.0616 e. The van der Waals surface area contributed by atoms with Gasteiger partial charge in [0, 0.05) is 0 Å². The molecule has 7 rings (SSSR count). The van der Waals surface area contributed by atoms with Gasteiger partial charge in [-0.15, -0.1) is 0 Å². The number of hydrogen-bond acceptors (Lipinski definition) is 0. The summed E-state index contributed by atoms with van der Waals surface area (Å²) in [7, 11) is 0. The van der Waals surface area contributed by atoms with Gasteiger partial charge in [0.05, 0.1) is 0 Å². The maximum absolute atomic E-state index is 2.38. The summed E-state index contributed by atoms with van der Waals surface area (Å²) in [6.07, 6.45) is 4.51. The van der Waals surface area contributed by atoms with E-state index in [1.54, 1.807) is 0 Å². The third-order valence-electron chi connectivity index (χ3n) is 7.01. The molecule has 158 valence electrons. The second kappa shape index (κ2) is 7.57. The van der Waals surface area contributed by atoms with E-state index in [0.29, 0.717) is 0 Å². The second-order valence-corrected chi connectivity index (χ2v) is 9.00. The molecule has 0 fully saturated rings. The van der Waals surface area contributed by atoms with Crippen LogP contribution in [0.15, 0.2) is 121 Å². The molecule has 0 saturated carbocycles. The van der Waals surface area contributed by atoms with Crippen molar-refractivity contribution < 1.29 is 0 Å². The monoisotopic (exact) mass is 430 g/mol. The van der Waals surface area contributed by atoms with Gasteiger partial charge in [-0.3, -0.25) is 0 Å². The van der Waals surface area contributed by atoms with Crippen LogP contribution in [0.3, 0.4) is 0 Å². The van der Waals surface area contributed by atoms with Crippen molar-refractivity contribution in [3.63, 3.8) is 0 Å². The molecule has 0 bridgehead atoms. The first-order chi connectivity index (χ1) is 16.8. The standard InChI is InChI=1S/C34H22/c1-2-9-27-21-23(13-15-24(27)7-1)14-16-28-22-33-32(31-12-6-5-10-29(28)31)20-19-26-18-17-25-8-3-4-11-30(25)34(26)33/h1-22H/b16-14-. The molecule has 0 heteroatoms. The van der Waals surface area contributed by atoms with Crippen LogP contribution >= 0.6 is 0 Å². The number of hydrogen-bond donors (Lipinski definition) is 0. The smallest absolute Gasteiger partial charge is 0.00264 e. The molecule has 34 heavy (non-hydrogen) atoms. The van der Waals surface area contributed by atoms with E-state index in [1.807, 2.05) is 0 Å². The fraction of sp³-hybridized carbons (Fsp3) is 0. The molecule has 0 aliphatic carbocycles. The third-order valence-corrected chi connectivity index (χ3v) is 7.01. The van der Waals surface area contributed by atoms with Crippen LogP contribution in [0.1, 0.15) is 11.1 Å². The molecule has 0 radical (unpaired) electrons. The summed E-state index contributed by atoms with van der Waals surface area (Å²) in [5.41, 5.74) is 2.46. The van der Waals surface area contributed by atoms with E-state index in [4.69, 9.17) is 0 Å². The van der Waals surface area contributed by atoms with Gasteiger partial charge >= 0.3 is 0 Å². The van der Waals surface area contributed by atoms with Crippen LogP contribution in [-0.2, 0) is 0 Å². The number of rotatable bonds is 2. The van der Waals surface area contributed by atoms with E-state index in [-0.39, 0.29) is 0 Å². The molecule has 0 N–H and O–H groups in total. The molecule has 0 aliphatic heterocycles. The maximum Gasteiger partial charge on any atom is -0.00264 e. The Bertz CT molecular complexity index is 1900. The van der Waals surface area contributed by atoms with E-state index in [2.05, 4.69) is 133 Å². The molecule has 7 aromatic carbocycles. The molecule has 0 heterocycles. The van der Waals surface area contributed by atoms with E-state index in [9.17, 15) is 0 Å². The zero-order chi connectivity index (χ0) is 22.5. The topological polar surface area (TPSA) is 0 Å². The summed E-state index contributed by atoms with van der Waals surface area (Å²) in [5.74, 6) is 0. The molecule has 7 aromatic rings. The predicted octanol–water partition coefficient (Wildman–Crippen LogP) is 9.62. The maximum atomic E-state index is 2.38. The summed E-state index contributed by atoms with van der Waals surface area (Å²) in [4.78, 5) is 0. The summed E-state index contributed by atoms with van der Waals surface area (Å²) < 4.78 is 0. The van der Waals surface area contributed by atoms with Crippen LogP contribution in [0.25, 0.3) is 66.0 Å². The van der Waals surface area contributed by atoms with Crippen LogP contribution in [0.5, 0.6) is 0 Å². The zero-order valence-corrected chi connectivity index (χ0v) is 18.7. The van der Waals surface area contributed by atoms with Gasteiger partial charge in [0.25, 0.3) is 0 Å². The van der Waals surface area contributed by atoms with Gasteiger partial charge in [-0.25, -0.2) is 0 Å². The van der Waals surface area contributed by atoms with Crippen molar-refractivity contribution in [2.45, 2.75) is 0 Å². The van der Waals surface area contributed by atoms with Crippen molar-refractivity contribution in [2.24, 2.45) is 0 Å². The van der Waals surface area contributed by atoms with E-state index >= 15 is 0 Å². The van der Waals surface area contributed by atoms with Gasteiger partial charge in [0.15, 0.2) is 0 Å². The molecule has 0 nitrogen and oxygen atoms in total. The highest BCUT2D eigenvalue weighted by Gasteiger charge is 2.10. The Hall–Kier alpha value is -4.42. The largest absolute Gasteiger partial charge is 0.0616 e. The van der Waals surface area contributed by atoms with Gasteiger partial charge in [0.1, 0.15) is 0 Å². The molecule has 0 aliphatic rings. The Balaban J connectivity index is 1.51. The molecular formula is C34H22. The van der Waals surface area contributed by atoms with Gasteiger partial charge in [0.2, 0.25) is 0 Å². The SMILES string of the molecule is C(=C/c1cc2c(ccc3ccc4ccccc4c32)c2ccccc12)/c1ccc2ccccc2c1. The molecule has 0 amide bonds. The highest BCUT2D eigenvalue weighted by Crippen LogP contribution is 2.37. The Morgan fingerprint density at radius 3 is 1.85 bits per heavy atom. The van der Waals surface area contributed by atoms with Crippen molar-refractivity contribution in [2.75, 3.05) is 0 Å². The van der Waals surface area contributed by atoms with Gasteiger partial charge in [-0.05, 0) is 77.1 Å². The average Bonchev–Trinajstić information content (AvgIpc) is 2.91. The highest BCUT2D eigenvalue weighted by atomic mass is 14.1. The van der Waals surface area contributed by atoms with Gasteiger partial charge in [-0.2, -0.15) is 0 Å². The molecule has 0 aromatic heterocycles. The first-order valence-electron chi connectivity index (χ1n) is 11.8. The first kappa shape index (κ1) is 19.1. The summed E-state index contributed by atoms with van der Waals surface area (Å²) >= 11 is 0. The van der Waals surface area contributed by atoms with Crippen molar-refractivity contribution in [1.82, 2.24) is 0 Å². The first-order valence-corrected chi connectivity index (χ1v) is 11.8. The normalized spacial score (nSPS) is 12.0. The van der Waals surface area contributed by atoms with E-state index < -0.39 is 0 Å². The molecule has 0 spiro atoms. The Kier molecular flexibility index (Phi) is 4.25. The Morgan fingerprint density at radius 1 is 0.353 bits per heavy atom. The highest BCUT2D eigenvalue weighted by molar-refractivity contribution is 6.25. The zero-order valence-electron chi connectivity index (χ0n) is 18.7. The third kappa shape index (κ3) is 3.00. The lowest BCUT2D eigenvalue weighted by atomic mass is 9.91. The minimum atomic E-state index is 1.21. The van der Waals surface area contributed by atoms with Crippen molar-refractivity contribution in [1.29, 1.82) is 0 Å². The summed E-state index contributed by atoms with van der Waals surface area (Å²) in [5, 5.41) is 13.0. The fourth-order valence-corrected chi connectivity index (χ4v) is 5.35. The fourth-order valence-electron chi connectivity index (χ4n) is 5.35. The van der Waals surface area contributed by atoms with E-state index in [1.165, 1.54) is 65.0 Å². The molecule has 0 saturated heterocycles. The van der Waals surface area contributed by atoms with Crippen LogP contribution in [0.4, 0.5) is 0 Å². The summed E-state index contributed by atoms with van der Waals surface area (Å²) in [6.45, 7) is 0. The molecule has 0 unspecified atom stereocenters. The quantitative estimate of drug-likeness (QED) is 0.189. The molecule has 0 atom stereocenters. The van der Waals surface area contributed by atoms with Crippen molar-refractivity contribution in [3.05, 3.63) is 132 Å². The second-order valence-electron chi connectivity index (χ2n) is 9.00. The Labute approximate surface area is 198 Å². The van der Waals surface area contributed by atoms with Crippen LogP contribution in [-0.4, -0.2) is 0 Å². The minimum absolute atomic E-state index is 1.21. The van der Waals surface area contributed by atoms with Crippen molar-refractivity contribution >= 4 is 66.0 Å². The summed E-state index contributed by atoms with van der Waals surface area (Å²) in [6, 6.07) is 44.1. The van der Waals surface area contributed by atoms with Gasteiger partial charge in [-0.1, -0.05) is 121 Å². The lowest BCUT2D eigenvalue weighted by Crippen LogP contribution is -1.86. The van der Waals surface area contributed by atoms with Crippen LogP contribution in [0.2, 0.25) is 0 Å². The number of fused-ring (bicyclic) bond motifs is 8. The molecular weight excluding hydrogens is 408 g/mol. The number of benzene rings is 7. The van der Waals surface area contributed by atoms with Crippen molar-refractivity contribution in [3.8, 4) is 0 Å². The van der Waals surface area contributed by atoms with Crippen LogP contribution in [0, 0.1) is 0 Å². The van der Waals surface area contributed by atoms with E-state index in [0.717, 1.165) is 0 Å². The lowest BCUT2D eigenvalue weighted by molar-refractivity contribution is 1.71. The predicted molar refractivity (Wildman–Crippen MR) is 149 cm³/mol. The Morgan fingerprint density at radius 2 is 0.971 bits per heavy atom.